The molecule has 2 aromatic heterocycles. The zero-order valence-corrected chi connectivity index (χ0v) is 34.7. The van der Waals surface area contributed by atoms with Crippen molar-refractivity contribution in [2.24, 2.45) is 0 Å². The van der Waals surface area contributed by atoms with Crippen LogP contribution in [-0.2, 0) is 5.41 Å². The molecule has 7 aromatic carbocycles. The van der Waals surface area contributed by atoms with E-state index in [0.717, 1.165) is 50.2 Å². The van der Waals surface area contributed by atoms with Crippen molar-refractivity contribution < 1.29 is 9.15 Å². The van der Waals surface area contributed by atoms with E-state index < -0.39 is 0 Å². The molecule has 9 aromatic rings. The molecule has 284 valence electrons. The molecule has 0 spiro atoms. The van der Waals surface area contributed by atoms with Gasteiger partial charge in [-0.2, -0.15) is 0 Å². The Labute approximate surface area is 341 Å². The number of hydrogen-bond acceptors (Lipinski definition) is 2. The SMILES string of the molecule is CC(C)c1cc(C(C)C)c(B2c3ccc(-n4c5ccccc5c5cc6oc7ccccc7c6cc54)cc3Oc3c2ccc2c3C(C)(C)c3ccccc3-2)c(C(C)C)c1. The van der Waals surface area contributed by atoms with E-state index in [1.54, 1.807) is 0 Å². The maximum absolute atomic E-state index is 7.45. The molecule has 1 aliphatic heterocycles. The first kappa shape index (κ1) is 35.2. The van der Waals surface area contributed by atoms with Gasteiger partial charge in [0.05, 0.1) is 11.0 Å². The maximum Gasteiger partial charge on any atom is 0.251 e. The van der Waals surface area contributed by atoms with Crippen molar-refractivity contribution in [1.82, 2.24) is 4.57 Å². The summed E-state index contributed by atoms with van der Waals surface area (Å²) in [5.41, 5.74) is 18.4. The molecule has 58 heavy (non-hydrogen) atoms. The minimum atomic E-state index is -0.230. The zero-order valence-electron chi connectivity index (χ0n) is 34.7. The highest BCUT2D eigenvalue weighted by Crippen LogP contribution is 2.53. The summed E-state index contributed by atoms with van der Waals surface area (Å²) >= 11 is 0. The lowest BCUT2D eigenvalue weighted by Gasteiger charge is -2.35. The largest absolute Gasteiger partial charge is 0.458 e. The van der Waals surface area contributed by atoms with Crippen LogP contribution >= 0.6 is 0 Å². The standard InChI is InChI=1S/C54H48BNO2/c1-30(2)33-25-39(31(3)4)52(40(26-33)32(5)6)55-44-23-21-34(27-50(44)58-53-45(55)24-22-38-35-15-9-12-18-43(35)54(7,8)51(38)53)56-46-19-13-10-16-36(46)41-29-49-42(28-47(41)56)37-17-11-14-20-48(37)57-49/h9-32H,1-8H3. The molecule has 3 nitrogen and oxygen atoms in total. The Balaban J connectivity index is 1.21. The van der Waals surface area contributed by atoms with Crippen LogP contribution in [0.4, 0.5) is 0 Å². The van der Waals surface area contributed by atoms with E-state index in [1.807, 2.05) is 6.07 Å². The third-order valence-electron chi connectivity index (χ3n) is 13.4. The van der Waals surface area contributed by atoms with Crippen LogP contribution in [-0.4, -0.2) is 11.3 Å². The van der Waals surface area contributed by atoms with E-state index in [-0.39, 0.29) is 12.1 Å². The maximum atomic E-state index is 7.45. The van der Waals surface area contributed by atoms with Gasteiger partial charge in [-0.05, 0) is 92.4 Å². The lowest BCUT2D eigenvalue weighted by atomic mass is 9.33. The van der Waals surface area contributed by atoms with E-state index in [4.69, 9.17) is 9.15 Å². The van der Waals surface area contributed by atoms with E-state index in [1.165, 1.54) is 66.1 Å². The Hall–Kier alpha value is -6.00. The van der Waals surface area contributed by atoms with Crippen molar-refractivity contribution in [3.8, 4) is 28.3 Å². The van der Waals surface area contributed by atoms with Crippen molar-refractivity contribution in [3.63, 3.8) is 0 Å². The van der Waals surface area contributed by atoms with Crippen molar-refractivity contribution >= 4 is 66.8 Å². The Morgan fingerprint density at radius 1 is 0.552 bits per heavy atom. The number of nitrogens with zero attached hydrogens (tertiary/aromatic N) is 1. The van der Waals surface area contributed by atoms with E-state index >= 15 is 0 Å². The van der Waals surface area contributed by atoms with Gasteiger partial charge >= 0.3 is 0 Å². The van der Waals surface area contributed by atoms with Crippen LogP contribution in [0, 0.1) is 0 Å². The molecule has 1 aliphatic carbocycles. The van der Waals surface area contributed by atoms with E-state index in [0.29, 0.717) is 17.8 Å². The molecule has 0 bridgehead atoms. The summed E-state index contributed by atoms with van der Waals surface area (Å²) < 4.78 is 16.3. The van der Waals surface area contributed by atoms with Crippen LogP contribution in [0.3, 0.4) is 0 Å². The van der Waals surface area contributed by atoms with Gasteiger partial charge in [-0.1, -0.05) is 152 Å². The number of hydrogen-bond donors (Lipinski definition) is 0. The molecule has 3 heterocycles. The van der Waals surface area contributed by atoms with Crippen LogP contribution < -0.4 is 21.1 Å². The summed E-state index contributed by atoms with van der Waals surface area (Å²) in [5, 5.41) is 4.63. The average molecular weight is 754 g/mol. The molecule has 0 radical (unpaired) electrons. The van der Waals surface area contributed by atoms with E-state index in [9.17, 15) is 0 Å². The van der Waals surface area contributed by atoms with Gasteiger partial charge in [-0.15, -0.1) is 0 Å². The minimum absolute atomic E-state index is 0.00342. The van der Waals surface area contributed by atoms with Gasteiger partial charge in [-0.25, -0.2) is 0 Å². The summed E-state index contributed by atoms with van der Waals surface area (Å²) in [7, 11) is 0. The number of fused-ring (bicyclic) bond motifs is 12. The minimum Gasteiger partial charge on any atom is -0.458 e. The quantitative estimate of drug-likeness (QED) is 0.164. The van der Waals surface area contributed by atoms with Gasteiger partial charge in [0.25, 0.3) is 6.71 Å². The number of para-hydroxylation sites is 2. The van der Waals surface area contributed by atoms with Crippen LogP contribution in [0.15, 0.2) is 132 Å². The zero-order chi connectivity index (χ0) is 39.8. The third kappa shape index (κ3) is 4.87. The molecule has 0 atom stereocenters. The smallest absolute Gasteiger partial charge is 0.251 e. The molecule has 0 N–H and O–H groups in total. The molecule has 2 aliphatic rings. The van der Waals surface area contributed by atoms with Crippen LogP contribution in [0.25, 0.3) is 60.6 Å². The predicted octanol–water partition coefficient (Wildman–Crippen LogP) is 13.0. The number of furan rings is 1. The average Bonchev–Trinajstić information content (AvgIpc) is 3.83. The fourth-order valence-electron chi connectivity index (χ4n) is 10.6. The summed E-state index contributed by atoms with van der Waals surface area (Å²) in [6.07, 6.45) is 0. The molecular weight excluding hydrogens is 705 g/mol. The first-order valence-corrected chi connectivity index (χ1v) is 21.1. The number of aromatic nitrogens is 1. The van der Waals surface area contributed by atoms with Gasteiger partial charge in [0.1, 0.15) is 22.7 Å². The second-order valence-electron chi connectivity index (χ2n) is 18.2. The molecular formula is C54H48BNO2. The second kappa shape index (κ2) is 12.5. The van der Waals surface area contributed by atoms with Crippen LogP contribution in [0.5, 0.6) is 11.5 Å². The van der Waals surface area contributed by atoms with Gasteiger partial charge in [-0.3, -0.25) is 0 Å². The summed E-state index contributed by atoms with van der Waals surface area (Å²) in [6, 6.07) is 47.3. The highest BCUT2D eigenvalue weighted by molar-refractivity contribution is 6.97. The molecule has 0 saturated heterocycles. The topological polar surface area (TPSA) is 27.3 Å². The molecule has 4 heteroatoms. The number of benzene rings is 7. The highest BCUT2D eigenvalue weighted by atomic mass is 16.5. The van der Waals surface area contributed by atoms with Gasteiger partial charge < -0.3 is 13.7 Å². The van der Waals surface area contributed by atoms with Crippen molar-refractivity contribution in [2.45, 2.75) is 78.6 Å². The molecule has 0 saturated carbocycles. The Morgan fingerprint density at radius 3 is 2.00 bits per heavy atom. The fraction of sp³-hybridized carbons (Fsp3) is 0.222. The normalized spacial score (nSPS) is 14.2. The lowest BCUT2D eigenvalue weighted by Crippen LogP contribution is -2.57. The second-order valence-corrected chi connectivity index (χ2v) is 18.2. The Bertz CT molecular complexity index is 3140. The van der Waals surface area contributed by atoms with Crippen molar-refractivity contribution in [3.05, 3.63) is 155 Å². The Morgan fingerprint density at radius 2 is 1.24 bits per heavy atom. The third-order valence-corrected chi connectivity index (χ3v) is 13.4. The summed E-state index contributed by atoms with van der Waals surface area (Å²) in [4.78, 5) is 0. The van der Waals surface area contributed by atoms with Crippen LogP contribution in [0.1, 0.15) is 101 Å². The fourth-order valence-corrected chi connectivity index (χ4v) is 10.6. The summed E-state index contributed by atoms with van der Waals surface area (Å²) in [5.74, 6) is 3.08. The van der Waals surface area contributed by atoms with Crippen molar-refractivity contribution in [1.29, 1.82) is 0 Å². The predicted molar refractivity (Wildman–Crippen MR) is 246 cm³/mol. The Kier molecular flexibility index (Phi) is 7.58. The van der Waals surface area contributed by atoms with Gasteiger partial charge in [0.2, 0.25) is 0 Å². The van der Waals surface area contributed by atoms with Crippen molar-refractivity contribution in [2.75, 3.05) is 0 Å². The molecule has 11 rings (SSSR count). The number of ether oxygens (including phenoxy) is 1. The molecule has 0 unspecified atom stereocenters. The number of rotatable bonds is 5. The first-order valence-electron chi connectivity index (χ1n) is 21.1. The molecule has 0 amide bonds. The first-order chi connectivity index (χ1) is 28.0. The molecule has 0 fully saturated rings. The highest BCUT2D eigenvalue weighted by Gasteiger charge is 2.44. The van der Waals surface area contributed by atoms with Gasteiger partial charge in [0.15, 0.2) is 0 Å². The lowest BCUT2D eigenvalue weighted by molar-refractivity contribution is 0.469. The summed E-state index contributed by atoms with van der Waals surface area (Å²) in [6.45, 7) is 18.8. The van der Waals surface area contributed by atoms with E-state index in [2.05, 4.69) is 181 Å². The monoisotopic (exact) mass is 753 g/mol. The van der Waals surface area contributed by atoms with Gasteiger partial charge in [0, 0.05) is 44.3 Å². The van der Waals surface area contributed by atoms with Crippen LogP contribution in [0.2, 0.25) is 0 Å².